The second kappa shape index (κ2) is 5.48. The normalized spacial score (nSPS) is 10.3. The maximum Gasteiger partial charge on any atom is 0.256 e. The van der Waals surface area contributed by atoms with Crippen molar-refractivity contribution in [3.05, 3.63) is 63.6 Å². The smallest absolute Gasteiger partial charge is 0.256 e. The van der Waals surface area contributed by atoms with Gasteiger partial charge in [-0.15, -0.1) is 0 Å². The number of rotatable bonds is 2. The van der Waals surface area contributed by atoms with E-state index in [1.807, 2.05) is 0 Å². The molecule has 0 atom stereocenters. The third-order valence-electron chi connectivity index (χ3n) is 2.69. The molecule has 98 valence electrons. The number of nitrogens with one attached hydrogen (secondary N) is 1. The average molecular weight is 326 g/mol. The van der Waals surface area contributed by atoms with Crippen LogP contribution in [-0.2, 0) is 0 Å². The Balaban J connectivity index is 2.31. The van der Waals surface area contributed by atoms with E-state index >= 15 is 0 Å². The molecule has 0 bridgehead atoms. The molecular weight excluding hydrogens is 316 g/mol. The van der Waals surface area contributed by atoms with Crippen molar-refractivity contribution in [3.8, 4) is 0 Å². The summed E-state index contributed by atoms with van der Waals surface area (Å²) in [6.07, 6.45) is 0. The Hall–Kier alpha value is -1.75. The van der Waals surface area contributed by atoms with E-state index in [-0.39, 0.29) is 5.56 Å². The first-order valence-electron chi connectivity index (χ1n) is 5.50. The zero-order chi connectivity index (χ0) is 14.0. The molecule has 0 aliphatic rings. The van der Waals surface area contributed by atoms with Crippen LogP contribution in [0.25, 0.3) is 0 Å². The predicted molar refractivity (Wildman–Crippen MR) is 73.2 cm³/mol. The number of hydrogen-bond donors (Lipinski definition) is 1. The minimum Gasteiger partial charge on any atom is -0.322 e. The summed E-state index contributed by atoms with van der Waals surface area (Å²) in [6.45, 7) is 1.56. The van der Waals surface area contributed by atoms with Gasteiger partial charge in [-0.2, -0.15) is 0 Å². The van der Waals surface area contributed by atoms with Crippen LogP contribution >= 0.6 is 15.9 Å². The van der Waals surface area contributed by atoms with E-state index in [9.17, 15) is 13.6 Å². The molecule has 0 aliphatic carbocycles. The Kier molecular flexibility index (Phi) is 3.95. The molecule has 0 spiro atoms. The van der Waals surface area contributed by atoms with E-state index in [4.69, 9.17) is 0 Å². The lowest BCUT2D eigenvalue weighted by molar-refractivity contribution is 0.102. The molecule has 1 amide bonds. The summed E-state index contributed by atoms with van der Waals surface area (Å²) in [5.41, 5.74) is 0.855. The van der Waals surface area contributed by atoms with Crippen LogP contribution in [0.5, 0.6) is 0 Å². The van der Waals surface area contributed by atoms with Crippen molar-refractivity contribution < 1.29 is 13.6 Å². The zero-order valence-corrected chi connectivity index (χ0v) is 11.6. The Bertz CT molecular complexity index is 643. The van der Waals surface area contributed by atoms with Gasteiger partial charge in [0, 0.05) is 15.7 Å². The van der Waals surface area contributed by atoms with Crippen molar-refractivity contribution in [2.75, 3.05) is 5.32 Å². The summed E-state index contributed by atoms with van der Waals surface area (Å²) >= 11 is 3.18. The topological polar surface area (TPSA) is 29.1 Å². The number of benzene rings is 2. The summed E-state index contributed by atoms with van der Waals surface area (Å²) < 4.78 is 27.0. The van der Waals surface area contributed by atoms with Crippen LogP contribution in [0.2, 0.25) is 0 Å². The van der Waals surface area contributed by atoms with Gasteiger partial charge < -0.3 is 5.32 Å². The second-order valence-corrected chi connectivity index (χ2v) is 4.85. The molecule has 2 aromatic rings. The fourth-order valence-corrected chi connectivity index (χ4v) is 2.03. The number of amides is 1. The van der Waals surface area contributed by atoms with E-state index in [2.05, 4.69) is 21.2 Å². The fourth-order valence-electron chi connectivity index (χ4n) is 1.60. The fraction of sp³-hybridized carbons (Fsp3) is 0.0714. The van der Waals surface area contributed by atoms with Gasteiger partial charge in [-0.05, 0) is 53.2 Å². The summed E-state index contributed by atoms with van der Waals surface area (Å²) in [5, 5.41) is 2.56. The van der Waals surface area contributed by atoms with Gasteiger partial charge in [0.2, 0.25) is 0 Å². The maximum absolute atomic E-state index is 13.4. The van der Waals surface area contributed by atoms with Crippen molar-refractivity contribution in [2.24, 2.45) is 0 Å². The van der Waals surface area contributed by atoms with Crippen molar-refractivity contribution in [1.29, 1.82) is 0 Å². The number of anilines is 1. The van der Waals surface area contributed by atoms with E-state index in [1.54, 1.807) is 13.0 Å². The van der Waals surface area contributed by atoms with Gasteiger partial charge in [0.25, 0.3) is 5.91 Å². The Morgan fingerprint density at radius 2 is 1.95 bits per heavy atom. The largest absolute Gasteiger partial charge is 0.322 e. The summed E-state index contributed by atoms with van der Waals surface area (Å²) in [4.78, 5) is 12.0. The molecule has 1 N–H and O–H groups in total. The van der Waals surface area contributed by atoms with Crippen LogP contribution in [-0.4, -0.2) is 5.91 Å². The van der Waals surface area contributed by atoms with E-state index in [1.165, 1.54) is 24.3 Å². The third kappa shape index (κ3) is 2.98. The molecule has 2 rings (SSSR count). The van der Waals surface area contributed by atoms with Gasteiger partial charge >= 0.3 is 0 Å². The lowest BCUT2D eigenvalue weighted by atomic mass is 10.1. The number of halogens is 3. The predicted octanol–water partition coefficient (Wildman–Crippen LogP) is 4.29. The van der Waals surface area contributed by atoms with Crippen LogP contribution in [0.1, 0.15) is 15.9 Å². The summed E-state index contributed by atoms with van der Waals surface area (Å²) in [6, 6.07) is 8.20. The quantitative estimate of drug-likeness (QED) is 0.876. The van der Waals surface area contributed by atoms with Crippen LogP contribution in [0.3, 0.4) is 0 Å². The van der Waals surface area contributed by atoms with Crippen molar-refractivity contribution >= 4 is 27.5 Å². The Labute approximate surface area is 117 Å². The average Bonchev–Trinajstić information content (AvgIpc) is 2.38. The SMILES string of the molecule is Cc1c(F)cccc1NC(=O)c1cc(F)ccc1Br. The first-order valence-corrected chi connectivity index (χ1v) is 6.30. The highest BCUT2D eigenvalue weighted by atomic mass is 79.9. The molecule has 0 heterocycles. The first-order chi connectivity index (χ1) is 8.99. The molecule has 5 heteroatoms. The monoisotopic (exact) mass is 325 g/mol. The molecule has 2 aromatic carbocycles. The van der Waals surface area contributed by atoms with Gasteiger partial charge in [-0.25, -0.2) is 8.78 Å². The maximum atomic E-state index is 13.4. The molecule has 0 aromatic heterocycles. The molecule has 0 aliphatic heterocycles. The first kappa shape index (κ1) is 13.7. The highest BCUT2D eigenvalue weighted by molar-refractivity contribution is 9.10. The van der Waals surface area contributed by atoms with Crippen molar-refractivity contribution in [1.82, 2.24) is 0 Å². The summed E-state index contributed by atoms with van der Waals surface area (Å²) in [5.74, 6) is -1.42. The zero-order valence-electron chi connectivity index (χ0n) is 10.0. The third-order valence-corrected chi connectivity index (χ3v) is 3.38. The highest BCUT2D eigenvalue weighted by Crippen LogP contribution is 2.22. The Morgan fingerprint density at radius 1 is 1.21 bits per heavy atom. The van der Waals surface area contributed by atoms with Crippen molar-refractivity contribution in [2.45, 2.75) is 6.92 Å². The minimum atomic E-state index is -0.510. The lowest BCUT2D eigenvalue weighted by Gasteiger charge is -2.10. The molecule has 0 saturated heterocycles. The number of carbonyl (C=O) groups is 1. The van der Waals surface area contributed by atoms with E-state index in [0.29, 0.717) is 15.7 Å². The van der Waals surface area contributed by atoms with Gasteiger partial charge in [-0.1, -0.05) is 6.07 Å². The number of hydrogen-bond acceptors (Lipinski definition) is 1. The van der Waals surface area contributed by atoms with Gasteiger partial charge in [-0.3, -0.25) is 4.79 Å². The molecule has 0 saturated carbocycles. The standard InChI is InChI=1S/C14H10BrF2NO/c1-8-12(17)3-2-4-13(8)18-14(19)10-7-9(16)5-6-11(10)15/h2-7H,1H3,(H,18,19). The van der Waals surface area contributed by atoms with Gasteiger partial charge in [0.1, 0.15) is 11.6 Å². The molecule has 0 radical (unpaired) electrons. The second-order valence-electron chi connectivity index (χ2n) is 3.99. The molecule has 0 unspecified atom stereocenters. The number of carbonyl (C=O) groups excluding carboxylic acids is 1. The minimum absolute atomic E-state index is 0.156. The molecule has 2 nitrogen and oxygen atoms in total. The van der Waals surface area contributed by atoms with Gasteiger partial charge in [0.15, 0.2) is 0 Å². The molecule has 19 heavy (non-hydrogen) atoms. The molecule has 0 fully saturated rings. The van der Waals surface area contributed by atoms with Crippen LogP contribution in [0.15, 0.2) is 40.9 Å². The molecular formula is C14H10BrF2NO. The van der Waals surface area contributed by atoms with E-state index < -0.39 is 17.5 Å². The van der Waals surface area contributed by atoms with Crippen LogP contribution in [0.4, 0.5) is 14.5 Å². The van der Waals surface area contributed by atoms with E-state index in [0.717, 1.165) is 6.07 Å². The highest BCUT2D eigenvalue weighted by Gasteiger charge is 2.13. The Morgan fingerprint density at radius 3 is 2.68 bits per heavy atom. The van der Waals surface area contributed by atoms with Crippen molar-refractivity contribution in [3.63, 3.8) is 0 Å². The van der Waals surface area contributed by atoms with Crippen LogP contribution < -0.4 is 5.32 Å². The van der Waals surface area contributed by atoms with Crippen LogP contribution in [0, 0.1) is 18.6 Å². The van der Waals surface area contributed by atoms with Gasteiger partial charge in [0.05, 0.1) is 5.56 Å². The summed E-state index contributed by atoms with van der Waals surface area (Å²) in [7, 11) is 0. The lowest BCUT2D eigenvalue weighted by Crippen LogP contribution is -2.14.